The standard InChI is InChI=1S/C36H36ClFN6O3/c1-8-26(45)42-16-21-13-23-32(43(21)15-20(42)6)22-14-24(38)28(27-18(4)9-10-25-34(27)41(7)36(47)40-25)29(37)33(22)44(35(23)46)31-19(5)11-12-39-30(31)17(2)3/h8-12,14,17,20-21H,1,13,15-16H2,2-7H3,(H,40,47). The fourth-order valence-electron chi connectivity index (χ4n) is 7.65. The lowest BCUT2D eigenvalue weighted by atomic mass is 9.95. The first-order valence-corrected chi connectivity index (χ1v) is 16.2. The largest absolute Gasteiger partial charge is 0.363 e. The van der Waals surface area contributed by atoms with E-state index in [1.807, 2.05) is 46.8 Å². The monoisotopic (exact) mass is 654 g/mol. The number of pyridine rings is 2. The lowest BCUT2D eigenvalue weighted by Crippen LogP contribution is -2.57. The van der Waals surface area contributed by atoms with E-state index in [0.717, 1.165) is 11.1 Å². The average Bonchev–Trinajstić information content (AvgIpc) is 3.54. The summed E-state index contributed by atoms with van der Waals surface area (Å²) in [7, 11) is 1.63. The molecule has 1 saturated heterocycles. The highest BCUT2D eigenvalue weighted by molar-refractivity contribution is 6.39. The fourth-order valence-corrected chi connectivity index (χ4v) is 8.02. The Bertz CT molecular complexity index is 2300. The molecule has 47 heavy (non-hydrogen) atoms. The Hall–Kier alpha value is -4.70. The molecular formula is C36H36ClFN6O3. The first kappa shape index (κ1) is 30.9. The van der Waals surface area contributed by atoms with Crippen LogP contribution in [-0.4, -0.2) is 55.1 Å². The van der Waals surface area contributed by atoms with Crippen molar-refractivity contribution in [1.82, 2.24) is 24.0 Å². The molecule has 0 radical (unpaired) electrons. The highest BCUT2D eigenvalue weighted by atomic mass is 35.5. The van der Waals surface area contributed by atoms with Gasteiger partial charge in [0.1, 0.15) is 5.82 Å². The van der Waals surface area contributed by atoms with E-state index in [4.69, 9.17) is 16.6 Å². The van der Waals surface area contributed by atoms with E-state index in [1.165, 1.54) is 16.7 Å². The molecule has 3 aromatic heterocycles. The van der Waals surface area contributed by atoms with E-state index in [0.29, 0.717) is 69.6 Å². The number of fused-ring (bicyclic) bond motifs is 6. The molecule has 2 atom stereocenters. The molecule has 0 spiro atoms. The Morgan fingerprint density at radius 3 is 2.55 bits per heavy atom. The third-order valence-electron chi connectivity index (χ3n) is 9.89. The molecule has 2 unspecified atom stereocenters. The van der Waals surface area contributed by atoms with E-state index >= 15 is 4.39 Å². The first-order valence-electron chi connectivity index (χ1n) is 15.8. The summed E-state index contributed by atoms with van der Waals surface area (Å²) >= 11 is 7.41. The summed E-state index contributed by atoms with van der Waals surface area (Å²) in [6.07, 6.45) is 3.43. The predicted molar refractivity (Wildman–Crippen MR) is 185 cm³/mol. The summed E-state index contributed by atoms with van der Waals surface area (Å²) in [6, 6.07) is 6.60. The molecule has 9 nitrogen and oxygen atoms in total. The van der Waals surface area contributed by atoms with Gasteiger partial charge in [0.15, 0.2) is 0 Å². The van der Waals surface area contributed by atoms with Crippen molar-refractivity contribution in [3.63, 3.8) is 0 Å². The zero-order valence-corrected chi connectivity index (χ0v) is 28.0. The van der Waals surface area contributed by atoms with Gasteiger partial charge >= 0.3 is 5.69 Å². The summed E-state index contributed by atoms with van der Waals surface area (Å²) in [5.41, 5.74) is 5.52. The van der Waals surface area contributed by atoms with Crippen molar-refractivity contribution < 1.29 is 9.18 Å². The van der Waals surface area contributed by atoms with Gasteiger partial charge in [-0.05, 0) is 62.1 Å². The van der Waals surface area contributed by atoms with Gasteiger partial charge < -0.3 is 14.8 Å². The minimum atomic E-state index is -0.567. The molecule has 1 amide bonds. The molecule has 5 heterocycles. The summed E-state index contributed by atoms with van der Waals surface area (Å²) in [5.74, 6) is -0.761. The van der Waals surface area contributed by atoms with Crippen LogP contribution in [-0.2, 0) is 18.3 Å². The predicted octanol–water partition coefficient (Wildman–Crippen LogP) is 5.91. The van der Waals surface area contributed by atoms with Gasteiger partial charge in [-0.2, -0.15) is 0 Å². The molecule has 2 aromatic carbocycles. The third-order valence-corrected chi connectivity index (χ3v) is 10.3. The summed E-state index contributed by atoms with van der Waals surface area (Å²) in [5, 5.41) is 0.578. The Labute approximate surface area is 275 Å². The van der Waals surface area contributed by atoms with Crippen LogP contribution in [0.15, 0.2) is 52.7 Å². The van der Waals surface area contributed by atoms with Crippen molar-refractivity contribution in [3.05, 3.63) is 97.2 Å². The summed E-state index contributed by atoms with van der Waals surface area (Å²) < 4.78 is 19.9. The van der Waals surface area contributed by atoms with Crippen molar-refractivity contribution in [2.75, 3.05) is 18.0 Å². The number of nitrogens with one attached hydrogen (secondary N) is 1. The lowest BCUT2D eigenvalue weighted by Gasteiger charge is -2.43. The Morgan fingerprint density at radius 2 is 1.85 bits per heavy atom. The molecule has 0 saturated carbocycles. The summed E-state index contributed by atoms with van der Waals surface area (Å²) in [6.45, 7) is 14.3. The first-order chi connectivity index (χ1) is 22.3. The number of carbonyl (C=O) groups excluding carboxylic acids is 1. The van der Waals surface area contributed by atoms with Crippen molar-refractivity contribution in [3.8, 4) is 16.8 Å². The summed E-state index contributed by atoms with van der Waals surface area (Å²) in [4.78, 5) is 51.8. The molecule has 7 rings (SSSR count). The van der Waals surface area contributed by atoms with Crippen LogP contribution < -0.4 is 16.1 Å². The number of carbonyl (C=O) groups is 1. The maximum atomic E-state index is 16.9. The Kier molecular flexibility index (Phi) is 7.20. The molecule has 1 N–H and O–H groups in total. The van der Waals surface area contributed by atoms with E-state index in [-0.39, 0.29) is 45.7 Å². The maximum Gasteiger partial charge on any atom is 0.326 e. The Balaban J connectivity index is 1.62. The number of halogens is 2. The number of benzene rings is 2. The fraction of sp³-hybridized carbons (Fsp3) is 0.333. The van der Waals surface area contributed by atoms with Crippen LogP contribution in [0, 0.1) is 19.7 Å². The van der Waals surface area contributed by atoms with Crippen LogP contribution >= 0.6 is 11.6 Å². The molecular weight excluding hydrogens is 619 g/mol. The minimum absolute atomic E-state index is 0.0326. The average molecular weight is 655 g/mol. The van der Waals surface area contributed by atoms with E-state index in [9.17, 15) is 14.4 Å². The number of anilines is 1. The van der Waals surface area contributed by atoms with Gasteiger partial charge in [0.05, 0.1) is 44.7 Å². The van der Waals surface area contributed by atoms with Crippen molar-refractivity contribution in [2.24, 2.45) is 7.05 Å². The van der Waals surface area contributed by atoms with Crippen LogP contribution in [0.2, 0.25) is 5.02 Å². The lowest BCUT2D eigenvalue weighted by molar-refractivity contribution is -0.128. The third kappa shape index (κ3) is 4.41. The zero-order chi connectivity index (χ0) is 33.6. The van der Waals surface area contributed by atoms with Crippen LogP contribution in [0.1, 0.15) is 49.1 Å². The van der Waals surface area contributed by atoms with E-state index in [1.54, 1.807) is 28.8 Å². The number of piperazine rings is 1. The van der Waals surface area contributed by atoms with Gasteiger partial charge in [0.2, 0.25) is 5.91 Å². The highest BCUT2D eigenvalue weighted by Gasteiger charge is 2.42. The molecule has 1 fully saturated rings. The second-order valence-corrected chi connectivity index (χ2v) is 13.5. The van der Waals surface area contributed by atoms with Gasteiger partial charge in [0.25, 0.3) is 5.56 Å². The van der Waals surface area contributed by atoms with E-state index < -0.39 is 5.82 Å². The number of H-pyrrole nitrogens is 1. The molecule has 0 aliphatic carbocycles. The molecule has 242 valence electrons. The van der Waals surface area contributed by atoms with Crippen molar-refractivity contribution >= 4 is 45.1 Å². The van der Waals surface area contributed by atoms with Crippen molar-refractivity contribution in [1.29, 1.82) is 0 Å². The minimum Gasteiger partial charge on any atom is -0.363 e. The highest BCUT2D eigenvalue weighted by Crippen LogP contribution is 2.47. The van der Waals surface area contributed by atoms with Crippen LogP contribution in [0.3, 0.4) is 0 Å². The number of amides is 1. The zero-order valence-electron chi connectivity index (χ0n) is 27.2. The number of rotatable bonds is 4. The van der Waals surface area contributed by atoms with Gasteiger partial charge in [0, 0.05) is 60.9 Å². The molecule has 11 heteroatoms. The maximum absolute atomic E-state index is 16.9. The topological polar surface area (TPSA) is 96.2 Å². The second-order valence-electron chi connectivity index (χ2n) is 13.1. The number of hydrogen-bond acceptors (Lipinski definition) is 5. The van der Waals surface area contributed by atoms with Crippen LogP contribution in [0.25, 0.3) is 38.8 Å². The smallest absolute Gasteiger partial charge is 0.326 e. The molecule has 5 aromatic rings. The van der Waals surface area contributed by atoms with Gasteiger partial charge in [-0.25, -0.2) is 9.18 Å². The SMILES string of the molecule is C=CC(=O)N1CC2Cc3c(c4cc(F)c(-c5c(C)ccc6[nH]c(=O)n(C)c56)c(Cl)c4n(-c4c(C)ccnc4C(C)C)c3=O)N2CC1C. The number of aromatic amines is 1. The van der Waals surface area contributed by atoms with Crippen LogP contribution in [0.5, 0.6) is 0 Å². The number of imidazole rings is 1. The molecule has 0 bridgehead atoms. The normalized spacial score (nSPS) is 17.6. The Morgan fingerprint density at radius 1 is 1.11 bits per heavy atom. The second kappa shape index (κ2) is 10.9. The van der Waals surface area contributed by atoms with Gasteiger partial charge in [-0.15, -0.1) is 0 Å². The quantitative estimate of drug-likeness (QED) is 0.243. The van der Waals surface area contributed by atoms with Gasteiger partial charge in [-0.3, -0.25) is 23.7 Å². The van der Waals surface area contributed by atoms with Crippen LogP contribution in [0.4, 0.5) is 10.1 Å². The number of nitrogens with zero attached hydrogens (tertiary/aromatic N) is 5. The van der Waals surface area contributed by atoms with Gasteiger partial charge in [-0.1, -0.05) is 38.1 Å². The van der Waals surface area contributed by atoms with Crippen molar-refractivity contribution in [2.45, 2.75) is 59.0 Å². The molecule has 2 aliphatic rings. The van der Waals surface area contributed by atoms with E-state index in [2.05, 4.69) is 16.5 Å². The number of hydrogen-bond donors (Lipinski definition) is 1. The number of aromatic nitrogens is 4. The number of aryl methyl sites for hydroxylation is 3. The molecule has 2 aliphatic heterocycles.